The zero-order chi connectivity index (χ0) is 20.7. The third kappa shape index (κ3) is 6.06. The largest absolute Gasteiger partial charge is 0.354 e. The van der Waals surface area contributed by atoms with Gasteiger partial charge in [-0.1, -0.05) is 43.7 Å². The summed E-state index contributed by atoms with van der Waals surface area (Å²) in [6, 6.07) is 11.0. The van der Waals surface area contributed by atoms with Crippen LogP contribution in [-0.4, -0.2) is 60.9 Å². The van der Waals surface area contributed by atoms with E-state index in [1.807, 2.05) is 20.2 Å². The van der Waals surface area contributed by atoms with E-state index in [2.05, 4.69) is 48.3 Å². The summed E-state index contributed by atoms with van der Waals surface area (Å²) in [7, 11) is 3.68. The standard InChI is InChI=1S/C23H37N3O2/c1-6-10-21(17(2)24-18(3)27)22(15-19-11-8-7-9-12-19)26-14-13-20(16-26)23(28)25(4)5/h7-9,11-12,17,20-22H,6,10,13-16H2,1-5H3,(H,24,27). The van der Waals surface area contributed by atoms with Crippen molar-refractivity contribution in [2.24, 2.45) is 11.8 Å². The zero-order valence-corrected chi connectivity index (χ0v) is 18.1. The molecule has 1 fully saturated rings. The summed E-state index contributed by atoms with van der Waals surface area (Å²) in [5, 5.41) is 3.13. The number of nitrogens with one attached hydrogen (secondary N) is 1. The van der Waals surface area contributed by atoms with Gasteiger partial charge < -0.3 is 10.2 Å². The van der Waals surface area contributed by atoms with Gasteiger partial charge in [0.15, 0.2) is 0 Å². The fraction of sp³-hybridized carbons (Fsp3) is 0.652. The van der Waals surface area contributed by atoms with Gasteiger partial charge in [-0.3, -0.25) is 14.5 Å². The molecule has 4 atom stereocenters. The van der Waals surface area contributed by atoms with Crippen molar-refractivity contribution in [3.63, 3.8) is 0 Å². The smallest absolute Gasteiger partial charge is 0.226 e. The lowest BCUT2D eigenvalue weighted by Gasteiger charge is -2.38. The molecule has 1 saturated heterocycles. The second-order valence-electron chi connectivity index (χ2n) is 8.41. The Balaban J connectivity index is 2.25. The summed E-state index contributed by atoms with van der Waals surface area (Å²) in [6.07, 6.45) is 3.99. The van der Waals surface area contributed by atoms with Gasteiger partial charge in [-0.05, 0) is 44.2 Å². The minimum atomic E-state index is 0.0224. The molecule has 2 rings (SSSR count). The van der Waals surface area contributed by atoms with E-state index in [1.165, 1.54) is 5.56 Å². The van der Waals surface area contributed by atoms with Crippen LogP contribution in [0.5, 0.6) is 0 Å². The van der Waals surface area contributed by atoms with Gasteiger partial charge in [-0.15, -0.1) is 0 Å². The second kappa shape index (κ2) is 10.6. The lowest BCUT2D eigenvalue weighted by Crippen LogP contribution is -2.50. The number of nitrogens with zero attached hydrogens (tertiary/aromatic N) is 2. The first-order valence-corrected chi connectivity index (χ1v) is 10.6. The van der Waals surface area contributed by atoms with E-state index in [1.54, 1.807) is 11.8 Å². The fourth-order valence-electron chi connectivity index (χ4n) is 4.60. The van der Waals surface area contributed by atoms with Crippen molar-refractivity contribution in [3.8, 4) is 0 Å². The van der Waals surface area contributed by atoms with E-state index in [0.717, 1.165) is 38.8 Å². The number of likely N-dealkylation sites (tertiary alicyclic amines) is 1. The van der Waals surface area contributed by atoms with E-state index >= 15 is 0 Å². The molecular weight excluding hydrogens is 350 g/mol. The topological polar surface area (TPSA) is 52.7 Å². The Morgan fingerprint density at radius 2 is 1.93 bits per heavy atom. The molecule has 1 aliphatic rings. The second-order valence-corrected chi connectivity index (χ2v) is 8.41. The highest BCUT2D eigenvalue weighted by Gasteiger charge is 2.37. The number of benzene rings is 1. The average molecular weight is 388 g/mol. The van der Waals surface area contributed by atoms with E-state index in [0.29, 0.717) is 12.0 Å². The first-order chi connectivity index (χ1) is 13.3. The molecule has 1 heterocycles. The molecule has 0 spiro atoms. The molecular formula is C23H37N3O2. The van der Waals surface area contributed by atoms with Crippen LogP contribution in [0.4, 0.5) is 0 Å². The minimum Gasteiger partial charge on any atom is -0.354 e. The van der Waals surface area contributed by atoms with Gasteiger partial charge in [-0.25, -0.2) is 0 Å². The third-order valence-electron chi connectivity index (χ3n) is 5.96. The van der Waals surface area contributed by atoms with Crippen molar-refractivity contribution >= 4 is 11.8 Å². The first-order valence-electron chi connectivity index (χ1n) is 10.6. The molecule has 0 radical (unpaired) electrons. The summed E-state index contributed by atoms with van der Waals surface area (Å²) >= 11 is 0. The summed E-state index contributed by atoms with van der Waals surface area (Å²) < 4.78 is 0. The van der Waals surface area contributed by atoms with Gasteiger partial charge in [0.1, 0.15) is 0 Å². The van der Waals surface area contributed by atoms with Crippen LogP contribution in [0, 0.1) is 11.8 Å². The van der Waals surface area contributed by atoms with Crippen molar-refractivity contribution < 1.29 is 9.59 Å². The highest BCUT2D eigenvalue weighted by Crippen LogP contribution is 2.29. The molecule has 0 saturated carbocycles. The van der Waals surface area contributed by atoms with E-state index in [9.17, 15) is 9.59 Å². The van der Waals surface area contributed by atoms with E-state index in [4.69, 9.17) is 0 Å². The monoisotopic (exact) mass is 387 g/mol. The number of hydrogen-bond acceptors (Lipinski definition) is 3. The van der Waals surface area contributed by atoms with Gasteiger partial charge in [-0.2, -0.15) is 0 Å². The van der Waals surface area contributed by atoms with Crippen LogP contribution in [0.15, 0.2) is 30.3 Å². The van der Waals surface area contributed by atoms with Gasteiger partial charge >= 0.3 is 0 Å². The quantitative estimate of drug-likeness (QED) is 0.709. The van der Waals surface area contributed by atoms with Crippen LogP contribution in [0.1, 0.15) is 45.6 Å². The average Bonchev–Trinajstić information content (AvgIpc) is 3.13. The molecule has 0 bridgehead atoms. The fourth-order valence-corrected chi connectivity index (χ4v) is 4.60. The molecule has 5 heteroatoms. The van der Waals surface area contributed by atoms with Crippen LogP contribution < -0.4 is 5.32 Å². The van der Waals surface area contributed by atoms with Gasteiger partial charge in [0.25, 0.3) is 0 Å². The normalized spacial score (nSPS) is 20.4. The first kappa shape index (κ1) is 22.4. The number of carbonyl (C=O) groups is 2. The van der Waals surface area contributed by atoms with Gasteiger partial charge in [0.05, 0.1) is 5.92 Å². The third-order valence-corrected chi connectivity index (χ3v) is 5.96. The van der Waals surface area contributed by atoms with Gasteiger partial charge in [0, 0.05) is 39.6 Å². The SMILES string of the molecule is CCCC(C(C)NC(C)=O)C(Cc1ccccc1)N1CCC(C(=O)N(C)C)C1. The molecule has 1 aromatic rings. The van der Waals surface area contributed by atoms with E-state index < -0.39 is 0 Å². The highest BCUT2D eigenvalue weighted by molar-refractivity contribution is 5.78. The summed E-state index contributed by atoms with van der Waals surface area (Å²) in [5.41, 5.74) is 1.31. The lowest BCUT2D eigenvalue weighted by atomic mass is 9.84. The Bertz CT molecular complexity index is 632. The molecule has 0 aromatic heterocycles. The summed E-state index contributed by atoms with van der Waals surface area (Å²) in [4.78, 5) is 28.4. The number of amides is 2. The predicted molar refractivity (Wildman–Crippen MR) is 114 cm³/mol. The number of carbonyl (C=O) groups excluding carboxylic acids is 2. The number of rotatable bonds is 9. The Morgan fingerprint density at radius 1 is 1.25 bits per heavy atom. The lowest BCUT2D eigenvalue weighted by molar-refractivity contribution is -0.132. The Labute approximate surface area is 170 Å². The zero-order valence-electron chi connectivity index (χ0n) is 18.1. The molecule has 28 heavy (non-hydrogen) atoms. The molecule has 5 nitrogen and oxygen atoms in total. The maximum absolute atomic E-state index is 12.5. The molecule has 1 aromatic carbocycles. The highest BCUT2D eigenvalue weighted by atomic mass is 16.2. The maximum Gasteiger partial charge on any atom is 0.226 e. The molecule has 156 valence electrons. The van der Waals surface area contributed by atoms with Crippen LogP contribution in [0.25, 0.3) is 0 Å². The van der Waals surface area contributed by atoms with Crippen molar-refractivity contribution in [2.45, 2.75) is 58.5 Å². The van der Waals surface area contributed by atoms with Crippen LogP contribution in [0.2, 0.25) is 0 Å². The van der Waals surface area contributed by atoms with E-state index in [-0.39, 0.29) is 23.8 Å². The predicted octanol–water partition coefficient (Wildman–Crippen LogP) is 2.95. The molecule has 2 amide bonds. The molecule has 4 unspecified atom stereocenters. The molecule has 0 aliphatic carbocycles. The Kier molecular flexibility index (Phi) is 8.49. The van der Waals surface area contributed by atoms with Crippen LogP contribution in [0.3, 0.4) is 0 Å². The summed E-state index contributed by atoms with van der Waals surface area (Å²) in [6.45, 7) is 7.66. The number of hydrogen-bond donors (Lipinski definition) is 1. The Morgan fingerprint density at radius 3 is 2.50 bits per heavy atom. The maximum atomic E-state index is 12.5. The van der Waals surface area contributed by atoms with Crippen molar-refractivity contribution in [3.05, 3.63) is 35.9 Å². The molecule has 1 aliphatic heterocycles. The van der Waals surface area contributed by atoms with Crippen molar-refractivity contribution in [1.82, 2.24) is 15.1 Å². The van der Waals surface area contributed by atoms with Crippen LogP contribution in [-0.2, 0) is 16.0 Å². The van der Waals surface area contributed by atoms with Gasteiger partial charge in [0.2, 0.25) is 11.8 Å². The molecule has 1 N–H and O–H groups in total. The minimum absolute atomic E-state index is 0.0224. The summed E-state index contributed by atoms with van der Waals surface area (Å²) in [5.74, 6) is 0.672. The Hall–Kier alpha value is -1.88. The van der Waals surface area contributed by atoms with Crippen molar-refractivity contribution in [1.29, 1.82) is 0 Å². The van der Waals surface area contributed by atoms with Crippen LogP contribution >= 0.6 is 0 Å². The van der Waals surface area contributed by atoms with Crippen molar-refractivity contribution in [2.75, 3.05) is 27.2 Å².